The number of piperidine rings is 6. The van der Waals surface area contributed by atoms with Crippen LogP contribution < -0.4 is 29.0 Å². The van der Waals surface area contributed by atoms with Gasteiger partial charge < -0.3 is 87.4 Å². The van der Waals surface area contributed by atoms with Crippen molar-refractivity contribution in [1.29, 1.82) is 0 Å². The average molecular weight is 2180 g/mol. The Morgan fingerprint density at radius 2 is 0.662 bits per heavy atom. The van der Waals surface area contributed by atoms with Gasteiger partial charge in [-0.15, -0.1) is 0 Å². The van der Waals surface area contributed by atoms with Gasteiger partial charge in [-0.3, -0.25) is 24.0 Å². The Labute approximate surface area is 852 Å². The Morgan fingerprint density at radius 3 is 1.04 bits per heavy atom. The zero-order valence-corrected chi connectivity index (χ0v) is 90.2. The summed E-state index contributed by atoms with van der Waals surface area (Å²) in [5, 5.41) is 23.1. The molecule has 3 N–H and O–H groups in total. The van der Waals surface area contributed by atoms with Crippen LogP contribution in [0.15, 0.2) is 127 Å². The smallest absolute Gasteiger partial charge is 0.410 e. The average Bonchev–Trinajstić information content (AvgIpc) is 0.769. The van der Waals surface area contributed by atoms with Gasteiger partial charge >= 0.3 is 30.5 Å². The standard InChI is InChI=1S/C20H27NO4.C18H24BrNO4.C18H22BrNO4.C18H24BrNO3.C15H19NO2.C10H17NO3.C8H7BrO2/c1-14(22)15-5-6-17-16(13-15)7-8-20(24-17)9-11-21(12-10-20)18(23)25-19(2,3)4;2*1-17(2,3)24-16(22)20-8-6-18(7-9-20)11-14(21)13-10-12(19)4-5-15(13)23-18;1-17(2,3)23-16(21)20-10-8-18(9-11-20)7-6-13-12-14(19)4-5-15(13)22-18;1-11(17)12-2-3-14-13(10-12)4-5-15(18-14)6-8-16-9-7-15;1-10(2,3)14-9(13)11-6-4-8(12)5-7-11;1-5(10)7-4-6(9)2-3-8(7)11/h5-6,13H,7-12H2,1-4H3;4-5,10,14,21H,6-9,11H2,1-3H3;4-5,10H,6-9,11H2,1-3H3;4-5,12H,6-11H2,1-3H3;2-3,10,16H,4-9H2,1H3;4-7H2,1-3H3;2-4,11H,1H3. The number of likely N-dealkylation sites (tertiary alicyclic amines) is 5. The molecule has 0 bridgehead atoms. The molecular weight excluding hydrogens is 2040 g/mol. The molecule has 32 heteroatoms. The van der Waals surface area contributed by atoms with Gasteiger partial charge in [-0.05, 0) is 315 Å². The van der Waals surface area contributed by atoms with Gasteiger partial charge in [-0.25, -0.2) is 24.0 Å². The fourth-order valence-corrected chi connectivity index (χ4v) is 19.8. The Hall–Kier alpha value is -9.34. The second-order valence-corrected chi connectivity index (χ2v) is 46.6. The minimum Gasteiger partial charge on any atom is -0.507 e. The Kier molecular flexibility index (Phi) is 36.4. The van der Waals surface area contributed by atoms with Crippen molar-refractivity contribution in [3.8, 4) is 34.5 Å². The Morgan fingerprint density at radius 1 is 0.353 bits per heavy atom. The lowest BCUT2D eigenvalue weighted by Crippen LogP contribution is -2.52. The summed E-state index contributed by atoms with van der Waals surface area (Å²) in [6.45, 7) is 40.6. The predicted octanol–water partition coefficient (Wildman–Crippen LogP) is 23.0. The van der Waals surface area contributed by atoms with Crippen molar-refractivity contribution in [2.24, 2.45) is 0 Å². The topological polar surface area (TPSA) is 332 Å². The van der Waals surface area contributed by atoms with E-state index >= 15 is 0 Å². The Bertz CT molecular complexity index is 5410. The van der Waals surface area contributed by atoms with E-state index in [2.05, 4.69) is 75.1 Å². The van der Waals surface area contributed by atoms with E-state index in [1.807, 2.05) is 183 Å². The number of ketones is 5. The number of phenolic OH excluding ortho intramolecular Hbond substituents is 1. The fraction of sp³-hybridized carbons (Fsp3) is 0.570. The number of fused-ring (bicyclic) bond motifs is 5. The highest BCUT2D eigenvalue weighted by Gasteiger charge is 2.49. The largest absolute Gasteiger partial charge is 0.507 e. The molecule has 17 rings (SSSR count). The predicted molar refractivity (Wildman–Crippen MR) is 544 cm³/mol. The van der Waals surface area contributed by atoms with Crippen molar-refractivity contribution < 1.29 is 106 Å². The number of nitrogens with zero attached hydrogens (tertiary/aromatic N) is 5. The van der Waals surface area contributed by atoms with Crippen molar-refractivity contribution in [3.05, 3.63) is 172 Å². The van der Waals surface area contributed by atoms with E-state index in [0.717, 1.165) is 153 Å². The third-order valence-electron chi connectivity index (χ3n) is 25.9. The molecule has 5 spiro atoms. The highest BCUT2D eigenvalue weighted by Crippen LogP contribution is 2.48. The Balaban J connectivity index is 0.000000157. The molecule has 0 radical (unpaired) electrons. The van der Waals surface area contributed by atoms with Crippen LogP contribution in [0.25, 0.3) is 0 Å². The molecule has 11 aliphatic heterocycles. The van der Waals surface area contributed by atoms with E-state index in [0.29, 0.717) is 134 Å². The van der Waals surface area contributed by atoms with Crippen LogP contribution in [0.2, 0.25) is 0 Å². The zero-order valence-electron chi connectivity index (χ0n) is 83.9. The molecule has 6 aromatic carbocycles. The van der Waals surface area contributed by atoms with Crippen LogP contribution in [0.5, 0.6) is 34.5 Å². The molecule has 1 atom stereocenters. The molecule has 6 saturated heterocycles. The lowest BCUT2D eigenvalue weighted by atomic mass is 9.82. The van der Waals surface area contributed by atoms with Crippen LogP contribution in [-0.4, -0.2) is 229 Å². The van der Waals surface area contributed by atoms with Gasteiger partial charge in [0.05, 0.1) is 23.7 Å². The van der Waals surface area contributed by atoms with E-state index in [9.17, 15) is 53.1 Å². The molecule has 6 fully saturated rings. The van der Waals surface area contributed by atoms with Crippen LogP contribution in [0.3, 0.4) is 0 Å². The van der Waals surface area contributed by atoms with Gasteiger partial charge in [0.15, 0.2) is 23.1 Å². The summed E-state index contributed by atoms with van der Waals surface area (Å²) in [6, 6.07) is 33.7. The van der Waals surface area contributed by atoms with E-state index < -0.39 is 45.3 Å². The van der Waals surface area contributed by atoms with E-state index in [1.54, 1.807) is 56.5 Å². The molecule has 28 nitrogen and oxygen atoms in total. The van der Waals surface area contributed by atoms with Gasteiger partial charge in [-0.1, -0.05) is 63.7 Å². The molecule has 139 heavy (non-hydrogen) atoms. The number of rotatable bonds is 3. The molecule has 758 valence electrons. The van der Waals surface area contributed by atoms with Gasteiger partial charge in [0, 0.05) is 171 Å². The van der Waals surface area contributed by atoms with E-state index in [4.69, 9.17) is 52.5 Å². The first-order valence-electron chi connectivity index (χ1n) is 48.4. The van der Waals surface area contributed by atoms with Crippen LogP contribution >= 0.6 is 63.7 Å². The maximum atomic E-state index is 12.5. The van der Waals surface area contributed by atoms with Gasteiger partial charge in [-0.2, -0.15) is 0 Å². The summed E-state index contributed by atoms with van der Waals surface area (Å²) in [6.07, 6.45) is 14.1. The molecule has 1 unspecified atom stereocenters. The monoisotopic (exact) mass is 2180 g/mol. The molecule has 0 aromatic heterocycles. The number of Topliss-reactive ketones (excluding diaryl/α,β-unsaturated/α-hetero) is 5. The van der Waals surface area contributed by atoms with Crippen molar-refractivity contribution in [2.75, 3.05) is 78.5 Å². The van der Waals surface area contributed by atoms with E-state index in [-0.39, 0.29) is 81.9 Å². The number of hydrogen-bond donors (Lipinski definition) is 3. The quantitative estimate of drug-likeness (QED) is 0.109. The van der Waals surface area contributed by atoms with Crippen molar-refractivity contribution in [2.45, 2.75) is 315 Å². The van der Waals surface area contributed by atoms with Gasteiger partial charge in [0.25, 0.3) is 0 Å². The second kappa shape index (κ2) is 45.9. The number of phenols is 1. The first-order chi connectivity index (χ1) is 65.0. The third-order valence-corrected chi connectivity index (χ3v) is 27.9. The summed E-state index contributed by atoms with van der Waals surface area (Å²) in [7, 11) is 0. The maximum Gasteiger partial charge on any atom is 0.410 e. The minimum absolute atomic E-state index is 0.0284. The van der Waals surface area contributed by atoms with Gasteiger partial charge in [0.2, 0.25) is 0 Å². The number of carbonyl (C=O) groups is 10. The highest BCUT2D eigenvalue weighted by molar-refractivity contribution is 9.11. The summed E-state index contributed by atoms with van der Waals surface area (Å²) >= 11 is 13.5. The number of benzene rings is 6. The summed E-state index contributed by atoms with van der Waals surface area (Å²) < 4.78 is 62.0. The fourth-order valence-electron chi connectivity index (χ4n) is 18.3. The van der Waals surface area contributed by atoms with Gasteiger partial charge in [0.1, 0.15) is 96.3 Å². The lowest BCUT2D eigenvalue weighted by Gasteiger charge is -2.45. The molecule has 11 heterocycles. The summed E-state index contributed by atoms with van der Waals surface area (Å²) in [4.78, 5) is 126. The SMILES string of the molecule is CC(=O)c1cc(Br)ccc1O.CC(=O)c1ccc2c(c1)CCC1(CCN(C(=O)OC(C)(C)C)CC1)O2.CC(=O)c1ccc2c(c1)CCC1(CCNCC1)O2.CC(C)(C)OC(=O)N1CCC(=O)CC1.CC(C)(C)OC(=O)N1CCC2(CC1)CC(=O)c1cc(Br)ccc1O2.CC(C)(C)OC(=O)N1CCC2(CC1)CC(O)c1cc(Br)ccc1O2.CC(C)(C)OC(=O)N1CCC2(CCc3cc(Br)ccc3O2)CC1. The number of amides is 5. The number of aliphatic hydroxyl groups is 1. The number of aromatic hydroxyl groups is 1. The van der Waals surface area contributed by atoms with Crippen molar-refractivity contribution in [3.63, 3.8) is 0 Å². The molecule has 5 amide bonds. The second-order valence-electron chi connectivity index (χ2n) is 42.9. The number of nitrogens with one attached hydrogen (secondary N) is 1. The molecular formula is C107H140Br4N6O22. The summed E-state index contributed by atoms with van der Waals surface area (Å²) in [5.74, 6) is 4.65. The number of carbonyl (C=O) groups excluding carboxylic acids is 10. The summed E-state index contributed by atoms with van der Waals surface area (Å²) in [5.41, 5.74) is 3.31. The van der Waals surface area contributed by atoms with Crippen LogP contribution in [0, 0.1) is 0 Å². The number of aliphatic hydroxyl groups excluding tert-OH is 1. The first-order valence-corrected chi connectivity index (χ1v) is 51.6. The number of ether oxygens (including phenoxy) is 10. The van der Waals surface area contributed by atoms with Crippen LogP contribution in [0.4, 0.5) is 24.0 Å². The third kappa shape index (κ3) is 31.8. The molecule has 0 saturated carbocycles. The maximum absolute atomic E-state index is 12.5. The molecule has 0 aliphatic carbocycles. The number of halogens is 4. The lowest BCUT2D eigenvalue weighted by molar-refractivity contribution is -0.121. The highest BCUT2D eigenvalue weighted by atomic mass is 79.9. The zero-order chi connectivity index (χ0) is 102. The normalized spacial score (nSPS) is 19.4. The molecule has 6 aromatic rings. The van der Waals surface area contributed by atoms with Crippen LogP contribution in [0.1, 0.15) is 304 Å². The minimum atomic E-state index is -0.542. The molecule has 11 aliphatic rings. The van der Waals surface area contributed by atoms with Crippen molar-refractivity contribution in [1.82, 2.24) is 29.8 Å². The number of aryl methyl sites for hydroxylation is 3. The first kappa shape index (κ1) is 110. The number of hydrogen-bond acceptors (Lipinski definition) is 23. The van der Waals surface area contributed by atoms with Crippen LogP contribution in [-0.2, 0) is 47.7 Å². The van der Waals surface area contributed by atoms with E-state index in [1.165, 1.54) is 24.1 Å². The van der Waals surface area contributed by atoms with Crippen molar-refractivity contribution >= 4 is 123 Å².